The minimum absolute atomic E-state index is 0.185. The van der Waals surface area contributed by atoms with E-state index in [1.165, 1.54) is 0 Å². The normalized spacial score (nSPS) is 12.1. The van der Waals surface area contributed by atoms with Crippen molar-refractivity contribution < 1.29 is 4.84 Å². The van der Waals surface area contributed by atoms with Gasteiger partial charge in [-0.3, -0.25) is 0 Å². The lowest BCUT2D eigenvalue weighted by Crippen LogP contribution is -2.21. The Morgan fingerprint density at radius 1 is 1.00 bits per heavy atom. The lowest BCUT2D eigenvalue weighted by molar-refractivity contribution is -0.000603. The second-order valence-electron chi connectivity index (χ2n) is 5.03. The Labute approximate surface area is 82.4 Å². The maximum atomic E-state index is 5.40. The molecule has 13 heavy (non-hydrogen) atoms. The fourth-order valence-electron chi connectivity index (χ4n) is 1.07. The predicted octanol–water partition coefficient (Wildman–Crippen LogP) is 3.47. The van der Waals surface area contributed by atoms with E-state index in [1.807, 2.05) is 20.8 Å². The van der Waals surface area contributed by atoms with Gasteiger partial charge in [0.2, 0.25) is 0 Å². The molecular formula is C11H23NO. The van der Waals surface area contributed by atoms with Gasteiger partial charge >= 0.3 is 0 Å². The zero-order chi connectivity index (χ0) is 10.6. The van der Waals surface area contributed by atoms with Crippen molar-refractivity contribution in [3.05, 3.63) is 0 Å². The van der Waals surface area contributed by atoms with E-state index in [-0.39, 0.29) is 5.60 Å². The molecule has 0 bridgehead atoms. The maximum Gasteiger partial charge on any atom is 0.129 e. The molecule has 2 nitrogen and oxygen atoms in total. The Kier molecular flexibility index (Phi) is 4.45. The molecule has 0 radical (unpaired) electrons. The topological polar surface area (TPSA) is 21.6 Å². The van der Waals surface area contributed by atoms with Gasteiger partial charge in [-0.1, -0.05) is 32.9 Å². The van der Waals surface area contributed by atoms with Crippen molar-refractivity contribution >= 4 is 5.71 Å². The average molecular weight is 185 g/mol. The number of rotatable bonds is 3. The predicted molar refractivity (Wildman–Crippen MR) is 57.9 cm³/mol. The van der Waals surface area contributed by atoms with Gasteiger partial charge in [-0.2, -0.15) is 0 Å². The Hall–Kier alpha value is -0.530. The third-order valence-electron chi connectivity index (χ3n) is 1.61. The first-order valence-electron chi connectivity index (χ1n) is 5.00. The van der Waals surface area contributed by atoms with Crippen LogP contribution < -0.4 is 0 Å². The quantitative estimate of drug-likeness (QED) is 0.487. The summed E-state index contributed by atoms with van der Waals surface area (Å²) in [5, 5.41) is 4.21. The Bertz CT molecular complexity index is 165. The van der Waals surface area contributed by atoms with E-state index in [0.717, 1.165) is 5.71 Å². The minimum atomic E-state index is -0.185. The Morgan fingerprint density at radius 3 is 1.62 bits per heavy atom. The highest BCUT2D eigenvalue weighted by Gasteiger charge is 2.14. The Morgan fingerprint density at radius 2 is 1.38 bits per heavy atom. The molecule has 0 atom stereocenters. The molecule has 0 rings (SSSR count). The summed E-state index contributed by atoms with van der Waals surface area (Å²) < 4.78 is 0. The van der Waals surface area contributed by atoms with E-state index in [9.17, 15) is 0 Å². The molecule has 0 aliphatic heterocycles. The second-order valence-corrected chi connectivity index (χ2v) is 5.03. The van der Waals surface area contributed by atoms with Crippen LogP contribution in [0.1, 0.15) is 48.5 Å². The van der Waals surface area contributed by atoms with E-state index in [4.69, 9.17) is 4.84 Å². The summed E-state index contributed by atoms with van der Waals surface area (Å²) in [7, 11) is 0. The zero-order valence-corrected chi connectivity index (χ0v) is 10.0. The van der Waals surface area contributed by atoms with Crippen LogP contribution in [0.4, 0.5) is 0 Å². The SMILES string of the molecule is CC(C)C(=NOC(C)(C)C)C(C)C. The van der Waals surface area contributed by atoms with Crippen LogP contribution in [0.25, 0.3) is 0 Å². The van der Waals surface area contributed by atoms with Gasteiger partial charge in [0.1, 0.15) is 5.60 Å². The molecule has 0 spiro atoms. The first-order valence-corrected chi connectivity index (χ1v) is 5.00. The summed E-state index contributed by atoms with van der Waals surface area (Å²) >= 11 is 0. The van der Waals surface area contributed by atoms with Crippen molar-refractivity contribution in [3.63, 3.8) is 0 Å². The maximum absolute atomic E-state index is 5.40. The largest absolute Gasteiger partial charge is 0.390 e. The molecular weight excluding hydrogens is 162 g/mol. The van der Waals surface area contributed by atoms with E-state index >= 15 is 0 Å². The van der Waals surface area contributed by atoms with Crippen LogP contribution in [-0.4, -0.2) is 11.3 Å². The third kappa shape index (κ3) is 5.67. The minimum Gasteiger partial charge on any atom is -0.390 e. The first kappa shape index (κ1) is 12.5. The van der Waals surface area contributed by atoms with Gasteiger partial charge in [-0.15, -0.1) is 0 Å². The van der Waals surface area contributed by atoms with Crippen molar-refractivity contribution in [2.24, 2.45) is 17.0 Å². The van der Waals surface area contributed by atoms with Crippen molar-refractivity contribution in [3.8, 4) is 0 Å². The molecule has 0 fully saturated rings. The summed E-state index contributed by atoms with van der Waals surface area (Å²) in [5.41, 5.74) is 0.949. The molecule has 0 aromatic rings. The summed E-state index contributed by atoms with van der Waals surface area (Å²) in [6.07, 6.45) is 0. The number of hydrogen-bond donors (Lipinski definition) is 0. The highest BCUT2D eigenvalue weighted by molar-refractivity contribution is 5.87. The van der Waals surface area contributed by atoms with Gasteiger partial charge in [-0.25, -0.2) is 0 Å². The molecule has 0 N–H and O–H groups in total. The highest BCUT2D eigenvalue weighted by Crippen LogP contribution is 2.12. The molecule has 2 heteroatoms. The molecule has 0 saturated heterocycles. The lowest BCUT2D eigenvalue weighted by Gasteiger charge is -2.19. The van der Waals surface area contributed by atoms with E-state index in [1.54, 1.807) is 0 Å². The molecule has 0 aromatic carbocycles. The van der Waals surface area contributed by atoms with Crippen molar-refractivity contribution in [1.29, 1.82) is 0 Å². The molecule has 0 heterocycles. The fraction of sp³-hybridized carbons (Fsp3) is 0.909. The van der Waals surface area contributed by atoms with Crippen LogP contribution in [0.2, 0.25) is 0 Å². The van der Waals surface area contributed by atoms with Gasteiger partial charge in [0.05, 0.1) is 5.71 Å². The first-order chi connectivity index (χ1) is 5.74. The van der Waals surface area contributed by atoms with Gasteiger partial charge in [0.15, 0.2) is 0 Å². The second kappa shape index (κ2) is 4.64. The Balaban J connectivity index is 4.38. The molecule has 0 aliphatic rings. The van der Waals surface area contributed by atoms with Crippen LogP contribution in [0, 0.1) is 11.8 Å². The molecule has 0 amide bonds. The third-order valence-corrected chi connectivity index (χ3v) is 1.61. The van der Waals surface area contributed by atoms with Crippen LogP contribution >= 0.6 is 0 Å². The van der Waals surface area contributed by atoms with Gasteiger partial charge in [0.25, 0.3) is 0 Å². The van der Waals surface area contributed by atoms with Gasteiger partial charge in [-0.05, 0) is 32.6 Å². The van der Waals surface area contributed by atoms with Crippen LogP contribution in [-0.2, 0) is 4.84 Å². The highest BCUT2D eigenvalue weighted by atomic mass is 16.6. The standard InChI is InChI=1S/C11H23NO/c1-8(2)10(9(3)4)12-13-11(5,6)7/h8-9H,1-7H3. The summed E-state index contributed by atoms with van der Waals surface area (Å²) in [5.74, 6) is 0.921. The number of nitrogens with zero attached hydrogens (tertiary/aromatic N) is 1. The van der Waals surface area contributed by atoms with Crippen molar-refractivity contribution in [1.82, 2.24) is 0 Å². The molecule has 0 aromatic heterocycles. The smallest absolute Gasteiger partial charge is 0.129 e. The zero-order valence-electron chi connectivity index (χ0n) is 10.0. The van der Waals surface area contributed by atoms with Crippen molar-refractivity contribution in [2.75, 3.05) is 0 Å². The van der Waals surface area contributed by atoms with Crippen molar-refractivity contribution in [2.45, 2.75) is 54.1 Å². The molecule has 0 saturated carbocycles. The molecule has 0 aliphatic carbocycles. The summed E-state index contributed by atoms with van der Waals surface area (Å²) in [6, 6.07) is 0. The molecule has 0 unspecified atom stereocenters. The van der Waals surface area contributed by atoms with E-state index < -0.39 is 0 Å². The lowest BCUT2D eigenvalue weighted by atomic mass is 9.98. The van der Waals surface area contributed by atoms with Crippen LogP contribution in [0.5, 0.6) is 0 Å². The fourth-order valence-corrected chi connectivity index (χ4v) is 1.07. The van der Waals surface area contributed by atoms with E-state index in [0.29, 0.717) is 11.8 Å². The summed E-state index contributed by atoms with van der Waals surface area (Å²) in [4.78, 5) is 5.40. The summed E-state index contributed by atoms with van der Waals surface area (Å²) in [6.45, 7) is 14.6. The average Bonchev–Trinajstić information content (AvgIpc) is 1.82. The van der Waals surface area contributed by atoms with Crippen LogP contribution in [0.3, 0.4) is 0 Å². The van der Waals surface area contributed by atoms with Gasteiger partial charge in [0, 0.05) is 0 Å². The van der Waals surface area contributed by atoms with Gasteiger partial charge < -0.3 is 4.84 Å². The molecule has 78 valence electrons. The van der Waals surface area contributed by atoms with E-state index in [2.05, 4.69) is 32.9 Å². The number of hydrogen-bond acceptors (Lipinski definition) is 2. The van der Waals surface area contributed by atoms with Crippen LogP contribution in [0.15, 0.2) is 5.16 Å². The monoisotopic (exact) mass is 185 g/mol. The number of oxime groups is 1.